The van der Waals surface area contributed by atoms with Gasteiger partial charge in [-0.1, -0.05) is 194 Å². The third-order valence-electron chi connectivity index (χ3n) is 13.8. The summed E-state index contributed by atoms with van der Waals surface area (Å²) in [5, 5.41) is 7.06. The van der Waals surface area contributed by atoms with E-state index in [9.17, 15) is 0 Å². The van der Waals surface area contributed by atoms with Crippen LogP contribution in [0.2, 0.25) is 0 Å². The van der Waals surface area contributed by atoms with E-state index in [1.165, 1.54) is 38.6 Å². The van der Waals surface area contributed by atoms with E-state index in [4.69, 9.17) is 8.83 Å². The molecule has 0 N–H and O–H groups in total. The molecule has 0 saturated carbocycles. The van der Waals surface area contributed by atoms with Gasteiger partial charge in [0.1, 0.15) is 22.3 Å². The van der Waals surface area contributed by atoms with Crippen LogP contribution in [0.3, 0.4) is 0 Å². The molecule has 1 aliphatic rings. The zero-order chi connectivity index (χ0) is 44.0. The minimum absolute atomic E-state index is 0.894. The Morgan fingerprint density at radius 1 is 0.284 bits per heavy atom. The summed E-state index contributed by atoms with van der Waals surface area (Å²) < 4.78 is 13.1. The van der Waals surface area contributed by atoms with Crippen LogP contribution in [0.1, 0.15) is 0 Å². The van der Waals surface area contributed by atoms with E-state index in [1.54, 1.807) is 0 Å². The van der Waals surface area contributed by atoms with Crippen molar-refractivity contribution in [3.8, 4) is 66.8 Å². The topological polar surface area (TPSA) is 29.5 Å². The molecule has 0 spiro atoms. The van der Waals surface area contributed by atoms with Crippen molar-refractivity contribution in [3.63, 3.8) is 0 Å². The van der Waals surface area contributed by atoms with Gasteiger partial charge < -0.3 is 13.7 Å². The summed E-state index contributed by atoms with van der Waals surface area (Å²) in [6.07, 6.45) is 0. The summed E-state index contributed by atoms with van der Waals surface area (Å²) >= 11 is 0. The molecule has 0 fully saturated rings. The molecule has 3 nitrogen and oxygen atoms in total. The number of hydrogen-bond donors (Lipinski definition) is 0. The van der Waals surface area contributed by atoms with Crippen molar-refractivity contribution in [2.75, 3.05) is 4.90 Å². The number of anilines is 3. The predicted molar refractivity (Wildman–Crippen MR) is 279 cm³/mol. The van der Waals surface area contributed by atoms with E-state index in [0.29, 0.717) is 0 Å². The highest BCUT2D eigenvalue weighted by molar-refractivity contribution is 6.19. The maximum Gasteiger partial charge on any atom is 0.143 e. The average Bonchev–Trinajstić information content (AvgIpc) is 4.08. The lowest BCUT2D eigenvalue weighted by molar-refractivity contribution is 0.669. The Labute approximate surface area is 387 Å². The first-order valence-corrected chi connectivity index (χ1v) is 22.9. The number of benzene rings is 11. The molecule has 67 heavy (non-hydrogen) atoms. The molecule has 13 aromatic rings. The highest BCUT2D eigenvalue weighted by Crippen LogP contribution is 2.54. The number of fused-ring (bicyclic) bond motifs is 9. The molecule has 0 aliphatic heterocycles. The number of hydrogen-bond acceptors (Lipinski definition) is 3. The van der Waals surface area contributed by atoms with Gasteiger partial charge in [-0.25, -0.2) is 0 Å². The van der Waals surface area contributed by atoms with Gasteiger partial charge in [0.2, 0.25) is 0 Å². The Morgan fingerprint density at radius 2 is 0.746 bits per heavy atom. The quantitative estimate of drug-likeness (QED) is 0.160. The summed E-state index contributed by atoms with van der Waals surface area (Å²) in [5.41, 5.74) is 20.8. The van der Waals surface area contributed by atoms with E-state index in [2.05, 4.69) is 217 Å². The zero-order valence-electron chi connectivity index (χ0n) is 36.3. The predicted octanol–water partition coefficient (Wildman–Crippen LogP) is 18.4. The van der Waals surface area contributed by atoms with Crippen molar-refractivity contribution in [2.45, 2.75) is 0 Å². The van der Waals surface area contributed by atoms with Crippen LogP contribution in [0, 0.1) is 0 Å². The molecular weight excluding hydrogens is 815 g/mol. The van der Waals surface area contributed by atoms with Crippen molar-refractivity contribution in [1.29, 1.82) is 0 Å². The largest absolute Gasteiger partial charge is 0.455 e. The normalized spacial score (nSPS) is 11.9. The lowest BCUT2D eigenvalue weighted by atomic mass is 9.90. The lowest BCUT2D eigenvalue weighted by Crippen LogP contribution is -2.11. The highest BCUT2D eigenvalue weighted by atomic mass is 16.3. The van der Waals surface area contributed by atoms with E-state index in [-0.39, 0.29) is 0 Å². The molecular formula is C64H39NO2. The van der Waals surface area contributed by atoms with Crippen LogP contribution >= 0.6 is 0 Å². The number of para-hydroxylation sites is 4. The molecule has 0 unspecified atom stereocenters. The molecule has 312 valence electrons. The Hall–Kier alpha value is -8.92. The van der Waals surface area contributed by atoms with Crippen molar-refractivity contribution < 1.29 is 8.83 Å². The smallest absolute Gasteiger partial charge is 0.143 e. The molecule has 2 aromatic heterocycles. The Kier molecular flexibility index (Phi) is 8.28. The van der Waals surface area contributed by atoms with Gasteiger partial charge in [-0.05, 0) is 103 Å². The maximum atomic E-state index is 6.53. The third kappa shape index (κ3) is 5.85. The van der Waals surface area contributed by atoms with Crippen LogP contribution in [0.15, 0.2) is 245 Å². The first kappa shape index (κ1) is 37.5. The summed E-state index contributed by atoms with van der Waals surface area (Å²) in [4.78, 5) is 2.43. The van der Waals surface area contributed by atoms with Gasteiger partial charge in [0.25, 0.3) is 0 Å². The Morgan fingerprint density at radius 3 is 1.36 bits per heavy atom. The van der Waals surface area contributed by atoms with Gasteiger partial charge in [0.05, 0.1) is 5.69 Å². The molecule has 0 atom stereocenters. The van der Waals surface area contributed by atoms with Crippen LogP contribution < -0.4 is 4.90 Å². The second-order valence-corrected chi connectivity index (χ2v) is 17.5. The van der Waals surface area contributed by atoms with E-state index in [0.717, 1.165) is 99.9 Å². The van der Waals surface area contributed by atoms with Crippen molar-refractivity contribution in [3.05, 3.63) is 237 Å². The monoisotopic (exact) mass is 853 g/mol. The summed E-state index contributed by atoms with van der Waals surface area (Å²) in [6.45, 7) is 0. The van der Waals surface area contributed by atoms with Crippen LogP contribution in [-0.4, -0.2) is 0 Å². The fourth-order valence-electron chi connectivity index (χ4n) is 10.8. The van der Waals surface area contributed by atoms with E-state index >= 15 is 0 Å². The molecule has 0 bridgehead atoms. The SMILES string of the molecule is c1ccc(-c2ccc(-c3cccc4c3-c3cccc5cccc-4c35)c(N(c3ccc(-c4cccc5c4oc4ccccc45)cc3)c3ccc(-c4cccc5c4oc4ccccc45)cc3)c2)cc1. The Balaban J connectivity index is 0.982. The van der Waals surface area contributed by atoms with Gasteiger partial charge in [-0.15, -0.1) is 0 Å². The molecule has 1 aliphatic carbocycles. The first-order chi connectivity index (χ1) is 33.2. The van der Waals surface area contributed by atoms with E-state index in [1.807, 2.05) is 24.3 Å². The summed E-state index contributed by atoms with van der Waals surface area (Å²) in [5.74, 6) is 0. The van der Waals surface area contributed by atoms with Crippen molar-refractivity contribution >= 4 is 71.7 Å². The van der Waals surface area contributed by atoms with Gasteiger partial charge >= 0.3 is 0 Å². The Bertz CT molecular complexity index is 3920. The molecule has 2 heterocycles. The number of furan rings is 2. The number of rotatable bonds is 7. The van der Waals surface area contributed by atoms with Gasteiger partial charge in [0.15, 0.2) is 0 Å². The van der Waals surface area contributed by atoms with Crippen LogP contribution in [-0.2, 0) is 0 Å². The molecule has 0 amide bonds. The minimum Gasteiger partial charge on any atom is -0.455 e. The molecule has 11 aromatic carbocycles. The van der Waals surface area contributed by atoms with Crippen LogP contribution in [0.4, 0.5) is 17.1 Å². The number of nitrogens with zero attached hydrogens (tertiary/aromatic N) is 1. The summed E-state index contributed by atoms with van der Waals surface area (Å²) in [6, 6.07) is 85.3. The lowest BCUT2D eigenvalue weighted by Gasteiger charge is -2.29. The van der Waals surface area contributed by atoms with Gasteiger partial charge in [-0.3, -0.25) is 0 Å². The van der Waals surface area contributed by atoms with Gasteiger partial charge in [0, 0.05) is 49.6 Å². The third-order valence-corrected chi connectivity index (χ3v) is 13.8. The second-order valence-electron chi connectivity index (χ2n) is 17.5. The second kappa shape index (κ2) is 14.8. The molecule has 3 heteroatoms. The van der Waals surface area contributed by atoms with Crippen molar-refractivity contribution in [1.82, 2.24) is 0 Å². The average molecular weight is 854 g/mol. The van der Waals surface area contributed by atoms with Crippen LogP contribution in [0.5, 0.6) is 0 Å². The highest BCUT2D eigenvalue weighted by Gasteiger charge is 2.27. The fraction of sp³-hybridized carbons (Fsp3) is 0. The maximum absolute atomic E-state index is 6.53. The van der Waals surface area contributed by atoms with Crippen molar-refractivity contribution in [2.24, 2.45) is 0 Å². The zero-order valence-corrected chi connectivity index (χ0v) is 36.3. The summed E-state index contributed by atoms with van der Waals surface area (Å²) in [7, 11) is 0. The standard InChI is InChI=1S/C64H39NO2/c1-2-13-40(14-3-1)44-33-38-49(52-22-12-23-54-53-21-8-15-43-16-9-26-57(61(43)53)62(52)54)58(39-44)65(45-34-29-41(30-35-45)47-19-10-24-55-50-17-4-6-27-59(50)66-63(47)55)46-36-31-42(32-37-46)48-20-11-25-56-51-18-5-7-28-60(51)67-64(48)56/h1-39H. The fourth-order valence-corrected chi connectivity index (χ4v) is 10.8. The van der Waals surface area contributed by atoms with E-state index < -0.39 is 0 Å². The first-order valence-electron chi connectivity index (χ1n) is 22.9. The minimum atomic E-state index is 0.894. The van der Waals surface area contributed by atoms with Gasteiger partial charge in [-0.2, -0.15) is 0 Å². The molecule has 14 rings (SSSR count). The molecule has 0 saturated heterocycles. The molecule has 0 radical (unpaired) electrons. The van der Waals surface area contributed by atoms with Crippen LogP contribution in [0.25, 0.3) is 121 Å².